The second kappa shape index (κ2) is 7.50. The first-order chi connectivity index (χ1) is 14.7. The van der Waals surface area contributed by atoms with Gasteiger partial charge in [0.1, 0.15) is 11.5 Å². The lowest BCUT2D eigenvalue weighted by atomic mass is 10.1. The van der Waals surface area contributed by atoms with Crippen LogP contribution in [-0.2, 0) is 4.79 Å². The van der Waals surface area contributed by atoms with E-state index in [-0.39, 0.29) is 5.91 Å². The second-order valence-corrected chi connectivity index (χ2v) is 7.05. The minimum atomic E-state index is -0.277. The average molecular weight is 414 g/mol. The Hall–Kier alpha value is -3.90. The van der Waals surface area contributed by atoms with E-state index in [1.54, 1.807) is 6.08 Å². The molecule has 0 saturated carbocycles. The molecule has 0 spiro atoms. The Balaban J connectivity index is 1.43. The maximum atomic E-state index is 12.6. The van der Waals surface area contributed by atoms with Crippen LogP contribution >= 0.6 is 11.6 Å². The lowest BCUT2D eigenvalue weighted by molar-refractivity contribution is -0.111. The Morgan fingerprint density at radius 3 is 2.70 bits per heavy atom. The number of carbonyl (C=O) groups excluding carboxylic acids is 1. The van der Waals surface area contributed by atoms with Crippen LogP contribution in [-0.4, -0.2) is 25.3 Å². The molecule has 6 nitrogen and oxygen atoms in total. The van der Waals surface area contributed by atoms with Crippen molar-refractivity contribution in [2.45, 2.75) is 0 Å². The number of amides is 1. The van der Waals surface area contributed by atoms with Crippen molar-refractivity contribution in [1.82, 2.24) is 19.4 Å². The number of nitrogens with zero attached hydrogens (tertiary/aromatic N) is 3. The highest BCUT2D eigenvalue weighted by Gasteiger charge is 2.12. The minimum Gasteiger partial charge on any atom is -0.338 e. The molecule has 5 rings (SSSR count). The number of hydrogen-bond donors (Lipinski definition) is 2. The second-order valence-electron chi connectivity index (χ2n) is 6.69. The molecule has 146 valence electrons. The van der Waals surface area contributed by atoms with E-state index in [1.807, 2.05) is 77.3 Å². The van der Waals surface area contributed by atoms with Crippen molar-refractivity contribution in [2.75, 3.05) is 5.32 Å². The van der Waals surface area contributed by atoms with Crippen molar-refractivity contribution in [3.05, 3.63) is 89.8 Å². The van der Waals surface area contributed by atoms with Gasteiger partial charge in [-0.1, -0.05) is 41.9 Å². The fraction of sp³-hybridized carbons (Fsp3) is 0. The van der Waals surface area contributed by atoms with Crippen molar-refractivity contribution >= 4 is 46.0 Å². The molecule has 1 amide bonds. The first-order valence-corrected chi connectivity index (χ1v) is 9.72. The first-order valence-electron chi connectivity index (χ1n) is 9.35. The van der Waals surface area contributed by atoms with Crippen LogP contribution in [0.2, 0.25) is 5.15 Å². The van der Waals surface area contributed by atoms with Gasteiger partial charge in [0.2, 0.25) is 5.91 Å². The third-order valence-electron chi connectivity index (χ3n) is 4.74. The Bertz CT molecular complexity index is 1380. The maximum absolute atomic E-state index is 12.6. The molecule has 2 N–H and O–H groups in total. The number of para-hydroxylation sites is 3. The third kappa shape index (κ3) is 3.33. The number of aromatic nitrogens is 4. The smallest absolute Gasteiger partial charge is 0.248 e. The van der Waals surface area contributed by atoms with Crippen molar-refractivity contribution in [3.8, 4) is 11.4 Å². The molecule has 30 heavy (non-hydrogen) atoms. The van der Waals surface area contributed by atoms with Gasteiger partial charge in [0.05, 0.1) is 22.4 Å². The molecule has 0 aliphatic rings. The summed E-state index contributed by atoms with van der Waals surface area (Å²) in [5.74, 6) is 0.418. The van der Waals surface area contributed by atoms with Gasteiger partial charge >= 0.3 is 0 Å². The minimum absolute atomic E-state index is 0.277. The molecule has 2 aromatic carbocycles. The van der Waals surface area contributed by atoms with Crippen LogP contribution in [0.3, 0.4) is 0 Å². The molecule has 0 atom stereocenters. The van der Waals surface area contributed by atoms with Crippen LogP contribution in [0.1, 0.15) is 5.69 Å². The van der Waals surface area contributed by atoms with E-state index >= 15 is 0 Å². The van der Waals surface area contributed by atoms with Gasteiger partial charge in [0.25, 0.3) is 0 Å². The number of aromatic amines is 1. The van der Waals surface area contributed by atoms with Crippen LogP contribution in [0, 0.1) is 0 Å². The Morgan fingerprint density at radius 1 is 1.00 bits per heavy atom. The highest BCUT2D eigenvalue weighted by molar-refractivity contribution is 6.31. The van der Waals surface area contributed by atoms with Gasteiger partial charge in [-0.05, 0) is 42.5 Å². The van der Waals surface area contributed by atoms with Gasteiger partial charge in [0.15, 0.2) is 5.15 Å². The Labute approximate surface area is 176 Å². The predicted octanol–water partition coefficient (Wildman–Crippen LogP) is 5.18. The summed E-state index contributed by atoms with van der Waals surface area (Å²) in [6.45, 7) is 0. The molecular weight excluding hydrogens is 398 g/mol. The van der Waals surface area contributed by atoms with Crippen LogP contribution in [0.5, 0.6) is 0 Å². The van der Waals surface area contributed by atoms with E-state index in [4.69, 9.17) is 11.6 Å². The van der Waals surface area contributed by atoms with E-state index in [1.165, 1.54) is 6.08 Å². The van der Waals surface area contributed by atoms with E-state index in [0.717, 1.165) is 22.2 Å². The maximum Gasteiger partial charge on any atom is 0.248 e. The SMILES string of the molecule is O=C(/C=C/c1c(Cl)nc2ccccn12)Nc1ccccc1-c1nc2ccccc2[nH]1. The fourth-order valence-electron chi connectivity index (χ4n) is 3.34. The van der Waals surface area contributed by atoms with E-state index < -0.39 is 0 Å². The number of H-pyrrole nitrogens is 1. The van der Waals surface area contributed by atoms with Crippen molar-refractivity contribution in [3.63, 3.8) is 0 Å². The van der Waals surface area contributed by atoms with E-state index in [2.05, 4.69) is 20.3 Å². The van der Waals surface area contributed by atoms with E-state index in [9.17, 15) is 4.79 Å². The largest absolute Gasteiger partial charge is 0.338 e. The highest BCUT2D eigenvalue weighted by Crippen LogP contribution is 2.27. The summed E-state index contributed by atoms with van der Waals surface area (Å²) in [6, 6.07) is 21.0. The molecule has 7 heteroatoms. The summed E-state index contributed by atoms with van der Waals surface area (Å²) in [6.07, 6.45) is 4.95. The highest BCUT2D eigenvalue weighted by atomic mass is 35.5. The molecule has 0 radical (unpaired) electrons. The number of pyridine rings is 1. The Morgan fingerprint density at radius 2 is 1.80 bits per heavy atom. The summed E-state index contributed by atoms with van der Waals surface area (Å²) >= 11 is 6.23. The zero-order valence-corrected chi connectivity index (χ0v) is 16.5. The van der Waals surface area contributed by atoms with Gasteiger partial charge in [-0.3, -0.25) is 9.20 Å². The summed E-state index contributed by atoms with van der Waals surface area (Å²) in [7, 11) is 0. The summed E-state index contributed by atoms with van der Waals surface area (Å²) in [4.78, 5) is 24.8. The van der Waals surface area contributed by atoms with Gasteiger partial charge in [-0.2, -0.15) is 0 Å². The zero-order chi connectivity index (χ0) is 20.5. The van der Waals surface area contributed by atoms with E-state index in [0.29, 0.717) is 22.4 Å². The number of carbonyl (C=O) groups is 1. The predicted molar refractivity (Wildman–Crippen MR) is 119 cm³/mol. The number of benzene rings is 2. The average Bonchev–Trinajstić information content (AvgIpc) is 3.33. The molecule has 0 fully saturated rings. The van der Waals surface area contributed by atoms with Crippen LogP contribution in [0.25, 0.3) is 34.1 Å². The number of nitrogens with one attached hydrogen (secondary N) is 2. The molecular formula is C23H16ClN5O. The topological polar surface area (TPSA) is 75.1 Å². The molecule has 0 aliphatic heterocycles. The van der Waals surface area contributed by atoms with Crippen LogP contribution in [0.4, 0.5) is 5.69 Å². The normalized spacial score (nSPS) is 11.5. The number of imidazole rings is 2. The molecule has 3 aromatic heterocycles. The van der Waals surface area contributed by atoms with Crippen molar-refractivity contribution in [1.29, 1.82) is 0 Å². The lowest BCUT2D eigenvalue weighted by Gasteiger charge is -2.07. The standard InChI is InChI=1S/C23H16ClN5O/c24-22-19(29-14-6-5-11-20(29)28-22)12-13-21(30)25-16-8-2-1-7-15(16)23-26-17-9-3-4-10-18(17)27-23/h1-14H,(H,25,30)(H,26,27)/b13-12+. The molecule has 3 heterocycles. The van der Waals surface area contributed by atoms with Crippen LogP contribution in [0.15, 0.2) is 79.0 Å². The fourth-order valence-corrected chi connectivity index (χ4v) is 3.58. The molecule has 5 aromatic rings. The van der Waals surface area contributed by atoms with Gasteiger partial charge < -0.3 is 10.3 Å². The van der Waals surface area contributed by atoms with Crippen molar-refractivity contribution < 1.29 is 4.79 Å². The van der Waals surface area contributed by atoms with Gasteiger partial charge in [-0.25, -0.2) is 9.97 Å². The summed E-state index contributed by atoms with van der Waals surface area (Å²) in [5.41, 5.74) is 4.65. The lowest BCUT2D eigenvalue weighted by Crippen LogP contribution is -2.09. The summed E-state index contributed by atoms with van der Waals surface area (Å²) < 4.78 is 1.83. The number of hydrogen-bond acceptors (Lipinski definition) is 3. The number of rotatable bonds is 4. The summed E-state index contributed by atoms with van der Waals surface area (Å²) in [5, 5.41) is 3.27. The molecule has 0 unspecified atom stereocenters. The quantitative estimate of drug-likeness (QED) is 0.398. The first kappa shape index (κ1) is 18.1. The number of halogens is 1. The molecule has 0 aliphatic carbocycles. The molecule has 0 saturated heterocycles. The molecule has 0 bridgehead atoms. The van der Waals surface area contributed by atoms with Crippen LogP contribution < -0.4 is 5.32 Å². The van der Waals surface area contributed by atoms with Gasteiger partial charge in [0, 0.05) is 17.8 Å². The number of anilines is 1. The monoisotopic (exact) mass is 413 g/mol. The van der Waals surface area contributed by atoms with Gasteiger partial charge in [-0.15, -0.1) is 0 Å². The third-order valence-corrected chi connectivity index (χ3v) is 5.02. The van der Waals surface area contributed by atoms with Crippen molar-refractivity contribution in [2.24, 2.45) is 0 Å². The zero-order valence-electron chi connectivity index (χ0n) is 15.7. The number of fused-ring (bicyclic) bond motifs is 2. The Kier molecular flexibility index (Phi) is 4.53.